The second-order valence-electron chi connectivity index (χ2n) is 5.29. The van der Waals surface area contributed by atoms with E-state index in [2.05, 4.69) is 11.4 Å². The van der Waals surface area contributed by atoms with Crippen LogP contribution in [-0.2, 0) is 0 Å². The first-order valence-corrected chi connectivity index (χ1v) is 7.45. The SMILES string of the molecule is CC(NC1CCOc2ccccc21)c1ccc(Cl)c(F)c1. The summed E-state index contributed by atoms with van der Waals surface area (Å²) in [6.45, 7) is 2.72. The van der Waals surface area contributed by atoms with Gasteiger partial charge in [0.25, 0.3) is 0 Å². The topological polar surface area (TPSA) is 21.3 Å². The molecule has 2 aromatic rings. The fraction of sp³-hybridized carbons (Fsp3) is 0.294. The molecular formula is C17H17ClFNO. The van der Waals surface area contributed by atoms with Gasteiger partial charge in [-0.05, 0) is 30.7 Å². The highest BCUT2D eigenvalue weighted by atomic mass is 35.5. The van der Waals surface area contributed by atoms with Crippen LogP contribution in [-0.4, -0.2) is 6.61 Å². The number of hydrogen-bond donors (Lipinski definition) is 1. The third kappa shape index (κ3) is 3.04. The third-order valence-corrected chi connectivity index (χ3v) is 4.16. The number of ether oxygens (including phenoxy) is 1. The fourth-order valence-electron chi connectivity index (χ4n) is 2.69. The minimum Gasteiger partial charge on any atom is -0.493 e. The maximum absolute atomic E-state index is 13.6. The molecule has 2 unspecified atom stereocenters. The molecule has 21 heavy (non-hydrogen) atoms. The molecule has 4 heteroatoms. The van der Waals surface area contributed by atoms with Crippen LogP contribution in [0.4, 0.5) is 4.39 Å². The minimum absolute atomic E-state index is 0.0351. The second-order valence-corrected chi connectivity index (χ2v) is 5.70. The van der Waals surface area contributed by atoms with Crippen LogP contribution >= 0.6 is 11.6 Å². The molecule has 0 saturated heterocycles. The van der Waals surface area contributed by atoms with Crippen molar-refractivity contribution in [3.8, 4) is 5.75 Å². The molecule has 2 nitrogen and oxygen atoms in total. The summed E-state index contributed by atoms with van der Waals surface area (Å²) in [6.07, 6.45) is 0.900. The quantitative estimate of drug-likeness (QED) is 0.891. The second kappa shape index (κ2) is 6.04. The summed E-state index contributed by atoms with van der Waals surface area (Å²) in [5.41, 5.74) is 2.05. The summed E-state index contributed by atoms with van der Waals surface area (Å²) in [5, 5.41) is 3.70. The van der Waals surface area contributed by atoms with Gasteiger partial charge in [-0.25, -0.2) is 4.39 Å². The first-order chi connectivity index (χ1) is 10.1. The van der Waals surface area contributed by atoms with E-state index in [0.717, 1.165) is 23.3 Å². The monoisotopic (exact) mass is 305 g/mol. The smallest absolute Gasteiger partial charge is 0.142 e. The van der Waals surface area contributed by atoms with Crippen LogP contribution in [0.5, 0.6) is 5.75 Å². The molecule has 0 spiro atoms. The van der Waals surface area contributed by atoms with Gasteiger partial charge in [0, 0.05) is 24.1 Å². The Hall–Kier alpha value is -1.58. The summed E-state index contributed by atoms with van der Waals surface area (Å²) in [6, 6.07) is 13.2. The zero-order valence-electron chi connectivity index (χ0n) is 11.8. The van der Waals surface area contributed by atoms with E-state index in [9.17, 15) is 4.39 Å². The molecule has 110 valence electrons. The Labute approximate surface area is 128 Å². The summed E-state index contributed by atoms with van der Waals surface area (Å²) in [4.78, 5) is 0. The molecule has 0 aliphatic carbocycles. The highest BCUT2D eigenvalue weighted by molar-refractivity contribution is 6.30. The van der Waals surface area contributed by atoms with Gasteiger partial charge in [-0.2, -0.15) is 0 Å². The van der Waals surface area contributed by atoms with Crippen LogP contribution in [0.3, 0.4) is 0 Å². The van der Waals surface area contributed by atoms with Crippen LogP contribution in [0.2, 0.25) is 5.02 Å². The molecule has 3 rings (SSSR count). The van der Waals surface area contributed by atoms with Crippen molar-refractivity contribution >= 4 is 11.6 Å². The number of benzene rings is 2. The zero-order chi connectivity index (χ0) is 14.8. The molecule has 0 bridgehead atoms. The Balaban J connectivity index is 1.79. The largest absolute Gasteiger partial charge is 0.493 e. The van der Waals surface area contributed by atoms with E-state index >= 15 is 0 Å². The van der Waals surface area contributed by atoms with Crippen molar-refractivity contribution in [3.63, 3.8) is 0 Å². The molecule has 1 aliphatic heterocycles. The van der Waals surface area contributed by atoms with E-state index < -0.39 is 0 Å². The van der Waals surface area contributed by atoms with Crippen LogP contribution in [0.25, 0.3) is 0 Å². The van der Waals surface area contributed by atoms with Gasteiger partial charge >= 0.3 is 0 Å². The van der Waals surface area contributed by atoms with Crippen molar-refractivity contribution in [1.29, 1.82) is 0 Å². The lowest BCUT2D eigenvalue weighted by molar-refractivity contribution is 0.246. The van der Waals surface area contributed by atoms with Crippen LogP contribution in [0.1, 0.15) is 36.6 Å². The Bertz CT molecular complexity index is 646. The Kier molecular flexibility index (Phi) is 4.13. The predicted octanol–water partition coefficient (Wildman–Crippen LogP) is 4.65. The Morgan fingerprint density at radius 2 is 2.10 bits per heavy atom. The summed E-state index contributed by atoms with van der Waals surface area (Å²) >= 11 is 5.73. The Morgan fingerprint density at radius 1 is 1.29 bits per heavy atom. The zero-order valence-corrected chi connectivity index (χ0v) is 12.5. The van der Waals surface area contributed by atoms with E-state index in [0.29, 0.717) is 6.61 Å². The number of para-hydroxylation sites is 1. The fourth-order valence-corrected chi connectivity index (χ4v) is 2.81. The van der Waals surface area contributed by atoms with Gasteiger partial charge in [0.2, 0.25) is 0 Å². The Morgan fingerprint density at radius 3 is 2.90 bits per heavy atom. The maximum atomic E-state index is 13.6. The van der Waals surface area contributed by atoms with Gasteiger partial charge < -0.3 is 10.1 Å². The van der Waals surface area contributed by atoms with E-state index in [4.69, 9.17) is 16.3 Å². The van der Waals surface area contributed by atoms with Gasteiger partial charge in [0.05, 0.1) is 11.6 Å². The van der Waals surface area contributed by atoms with Crippen LogP contribution in [0.15, 0.2) is 42.5 Å². The maximum Gasteiger partial charge on any atom is 0.142 e. The average Bonchev–Trinajstić information content (AvgIpc) is 2.50. The number of rotatable bonds is 3. The molecular weight excluding hydrogens is 289 g/mol. The lowest BCUT2D eigenvalue weighted by Crippen LogP contribution is -2.29. The molecule has 1 aliphatic rings. The molecule has 1 heterocycles. The highest BCUT2D eigenvalue weighted by Crippen LogP contribution is 2.33. The van der Waals surface area contributed by atoms with Gasteiger partial charge in [0.1, 0.15) is 11.6 Å². The first kappa shape index (κ1) is 14.4. The molecule has 0 saturated carbocycles. The van der Waals surface area contributed by atoms with Gasteiger partial charge in [-0.15, -0.1) is 0 Å². The number of nitrogens with one attached hydrogen (secondary N) is 1. The van der Waals surface area contributed by atoms with Crippen molar-refractivity contribution in [3.05, 3.63) is 64.4 Å². The highest BCUT2D eigenvalue weighted by Gasteiger charge is 2.22. The third-order valence-electron chi connectivity index (χ3n) is 3.85. The van der Waals surface area contributed by atoms with Crippen molar-refractivity contribution in [2.75, 3.05) is 6.61 Å². The van der Waals surface area contributed by atoms with E-state index in [1.807, 2.05) is 31.2 Å². The normalized spacial score (nSPS) is 18.7. The van der Waals surface area contributed by atoms with Crippen LogP contribution in [0, 0.1) is 5.82 Å². The van der Waals surface area contributed by atoms with Gasteiger partial charge in [0.15, 0.2) is 0 Å². The lowest BCUT2D eigenvalue weighted by Gasteiger charge is -2.29. The summed E-state index contributed by atoms with van der Waals surface area (Å²) in [7, 11) is 0. The first-order valence-electron chi connectivity index (χ1n) is 7.08. The molecule has 0 amide bonds. The molecule has 0 aromatic heterocycles. The molecule has 1 N–H and O–H groups in total. The van der Waals surface area contributed by atoms with Crippen molar-refractivity contribution in [2.45, 2.75) is 25.4 Å². The van der Waals surface area contributed by atoms with Gasteiger partial charge in [-0.1, -0.05) is 35.9 Å². The van der Waals surface area contributed by atoms with Gasteiger partial charge in [-0.3, -0.25) is 0 Å². The standard InChI is InChI=1S/C17H17ClFNO/c1-11(12-6-7-14(18)15(19)10-12)20-16-8-9-21-17-5-3-2-4-13(16)17/h2-7,10-11,16,20H,8-9H2,1H3. The van der Waals surface area contributed by atoms with Crippen molar-refractivity contribution < 1.29 is 9.13 Å². The number of fused-ring (bicyclic) bond motifs is 1. The molecule has 2 atom stereocenters. The molecule has 2 aromatic carbocycles. The van der Waals surface area contributed by atoms with Crippen molar-refractivity contribution in [2.24, 2.45) is 0 Å². The van der Waals surface area contributed by atoms with E-state index in [1.165, 1.54) is 6.07 Å². The van der Waals surface area contributed by atoms with E-state index in [-0.39, 0.29) is 22.9 Å². The summed E-state index contributed by atoms with van der Waals surface area (Å²) < 4.78 is 19.2. The predicted molar refractivity (Wildman–Crippen MR) is 82.3 cm³/mol. The molecule has 0 radical (unpaired) electrons. The number of hydrogen-bond acceptors (Lipinski definition) is 2. The van der Waals surface area contributed by atoms with Crippen LogP contribution < -0.4 is 10.1 Å². The average molecular weight is 306 g/mol. The van der Waals surface area contributed by atoms with E-state index in [1.54, 1.807) is 6.07 Å². The minimum atomic E-state index is -0.379. The number of halogens is 2. The molecule has 0 fully saturated rings. The summed E-state index contributed by atoms with van der Waals surface area (Å²) in [5.74, 6) is 0.547. The van der Waals surface area contributed by atoms with Crippen molar-refractivity contribution in [1.82, 2.24) is 5.32 Å². The lowest BCUT2D eigenvalue weighted by atomic mass is 9.98.